The van der Waals surface area contributed by atoms with E-state index in [9.17, 15) is 0 Å². The highest BCUT2D eigenvalue weighted by molar-refractivity contribution is 7.79. The van der Waals surface area contributed by atoms with Crippen molar-refractivity contribution in [2.75, 3.05) is 20.2 Å². The smallest absolute Gasteiger partial charge is 0.299 e. The lowest BCUT2D eigenvalue weighted by Crippen LogP contribution is -2.19. The van der Waals surface area contributed by atoms with Gasteiger partial charge in [-0.05, 0) is 6.42 Å². The van der Waals surface area contributed by atoms with E-state index in [-0.39, 0.29) is 0 Å². The van der Waals surface area contributed by atoms with Crippen LogP contribution in [0, 0.1) is 0 Å². The van der Waals surface area contributed by atoms with Gasteiger partial charge in [0.15, 0.2) is 0 Å². The van der Waals surface area contributed by atoms with Crippen LogP contribution in [0.15, 0.2) is 12.7 Å². The molecule has 0 aromatic rings. The van der Waals surface area contributed by atoms with E-state index in [1.54, 1.807) is 0 Å². The van der Waals surface area contributed by atoms with Gasteiger partial charge in [-0.15, -0.1) is 6.58 Å². The van der Waals surface area contributed by atoms with Crippen molar-refractivity contribution >= 4 is 10.4 Å². The van der Waals surface area contributed by atoms with Gasteiger partial charge in [0, 0.05) is 13.6 Å². The van der Waals surface area contributed by atoms with Crippen LogP contribution in [-0.2, 0) is 15.2 Å². The van der Waals surface area contributed by atoms with Gasteiger partial charge in [-0.3, -0.25) is 13.9 Å². The summed E-state index contributed by atoms with van der Waals surface area (Å²) in [6.07, 6.45) is 5.48. The molecule has 0 aliphatic rings. The first-order valence-corrected chi connectivity index (χ1v) is 6.35. The zero-order valence-electron chi connectivity index (χ0n) is 9.79. The van der Waals surface area contributed by atoms with E-state index in [4.69, 9.17) is 22.4 Å². The third-order valence-electron chi connectivity index (χ3n) is 1.45. The van der Waals surface area contributed by atoms with Crippen molar-refractivity contribution in [1.29, 1.82) is 0 Å². The topological polar surface area (TPSA) is 87.1 Å². The van der Waals surface area contributed by atoms with Gasteiger partial charge in [0.25, 0.3) is 0 Å². The van der Waals surface area contributed by atoms with Gasteiger partial charge in [0.1, 0.15) is 0 Å². The molecule has 2 N–H and O–H groups in total. The van der Waals surface area contributed by atoms with Crippen LogP contribution in [0.5, 0.6) is 0 Å². The zero-order valence-corrected chi connectivity index (χ0v) is 10.6. The minimum absolute atomic E-state index is 0.798. The van der Waals surface area contributed by atoms with Crippen LogP contribution in [-0.4, -0.2) is 42.8 Å². The Balaban J connectivity index is 0. The molecule has 0 aromatic carbocycles. The third-order valence-corrected chi connectivity index (χ3v) is 1.45. The van der Waals surface area contributed by atoms with E-state index in [1.807, 2.05) is 18.2 Å². The highest BCUT2D eigenvalue weighted by atomic mass is 32.3. The number of rotatable bonds is 7. The number of nitrogens with zero attached hydrogens (tertiary/aromatic N) is 1. The minimum atomic E-state index is -4.67. The van der Waals surface area contributed by atoms with Crippen LogP contribution in [0.1, 0.15) is 26.2 Å². The lowest BCUT2D eigenvalue weighted by molar-refractivity contribution is -0.132. The Hall–Kier alpha value is -0.470. The second-order valence-electron chi connectivity index (χ2n) is 3.09. The fourth-order valence-corrected chi connectivity index (χ4v) is 0.807. The second kappa shape index (κ2) is 11.0. The first-order chi connectivity index (χ1) is 7.31. The minimum Gasteiger partial charge on any atom is -0.299 e. The van der Waals surface area contributed by atoms with Crippen LogP contribution in [0.25, 0.3) is 0 Å². The van der Waals surface area contributed by atoms with Crippen LogP contribution >= 0.6 is 0 Å². The van der Waals surface area contributed by atoms with Crippen molar-refractivity contribution in [3.05, 3.63) is 12.7 Å². The van der Waals surface area contributed by atoms with E-state index >= 15 is 0 Å². The van der Waals surface area contributed by atoms with Crippen LogP contribution in [0.4, 0.5) is 0 Å². The molecule has 0 fully saturated rings. The number of unbranched alkanes of at least 4 members (excludes halogenated alkanes) is 2. The van der Waals surface area contributed by atoms with E-state index < -0.39 is 10.4 Å². The summed E-state index contributed by atoms with van der Waals surface area (Å²) in [4.78, 5) is 5.35. The summed E-state index contributed by atoms with van der Waals surface area (Å²) in [5, 5.41) is 1.81. The molecule has 0 unspecified atom stereocenters. The highest BCUT2D eigenvalue weighted by Gasteiger charge is 1.93. The molecule has 0 radical (unpaired) electrons. The lowest BCUT2D eigenvalue weighted by atomic mass is 10.3. The molecule has 0 heterocycles. The van der Waals surface area contributed by atoms with Crippen molar-refractivity contribution in [1.82, 2.24) is 5.06 Å². The molecular formula is C9H21NO5S. The highest BCUT2D eigenvalue weighted by Crippen LogP contribution is 1.95. The molecule has 0 bridgehead atoms. The van der Waals surface area contributed by atoms with Crippen molar-refractivity contribution in [2.45, 2.75) is 26.2 Å². The molecular weight excluding hydrogens is 234 g/mol. The molecule has 0 aliphatic heterocycles. The third kappa shape index (κ3) is 29.2. The molecule has 0 atom stereocenters. The first-order valence-electron chi connectivity index (χ1n) is 4.96. The maximum Gasteiger partial charge on any atom is 0.394 e. The molecule has 7 heteroatoms. The zero-order chi connectivity index (χ0) is 13.0. The number of hydroxylamine groups is 2. The second-order valence-corrected chi connectivity index (χ2v) is 3.98. The quantitative estimate of drug-likeness (QED) is 0.311. The Morgan fingerprint density at radius 2 is 1.88 bits per heavy atom. The van der Waals surface area contributed by atoms with Gasteiger partial charge >= 0.3 is 10.4 Å². The summed E-state index contributed by atoms with van der Waals surface area (Å²) in [7, 11) is -2.74. The molecule has 0 aromatic heterocycles. The predicted molar refractivity (Wildman–Crippen MR) is 62.5 cm³/mol. The Bertz CT molecular complexity index is 245. The van der Waals surface area contributed by atoms with Crippen molar-refractivity contribution in [2.24, 2.45) is 0 Å². The van der Waals surface area contributed by atoms with Crippen LogP contribution < -0.4 is 0 Å². The largest absolute Gasteiger partial charge is 0.394 e. The van der Waals surface area contributed by atoms with E-state index in [0.717, 1.165) is 19.6 Å². The van der Waals surface area contributed by atoms with Gasteiger partial charge in [-0.25, -0.2) is 0 Å². The van der Waals surface area contributed by atoms with Crippen LogP contribution in [0.2, 0.25) is 0 Å². The lowest BCUT2D eigenvalue weighted by Gasteiger charge is -2.13. The normalized spacial score (nSPS) is 10.8. The molecule has 0 rings (SSSR count). The summed E-state index contributed by atoms with van der Waals surface area (Å²) in [5.74, 6) is 0. The van der Waals surface area contributed by atoms with E-state index in [0.29, 0.717) is 0 Å². The standard InChI is InChI=1S/C9H19NO.H2O4S/c1-4-6-7-9-11-10(3)8-5-2;1-5(2,3)4/h5H,2,4,6-9H2,1,3H3;(H2,1,2,3,4). The summed E-state index contributed by atoms with van der Waals surface area (Å²) < 4.78 is 31.6. The SMILES string of the molecule is C=CCN(C)OCCCCC.O=S(=O)(O)O. The molecule has 0 saturated carbocycles. The van der Waals surface area contributed by atoms with Gasteiger partial charge in [0.05, 0.1) is 6.61 Å². The Morgan fingerprint density at radius 1 is 1.38 bits per heavy atom. The fraction of sp³-hybridized carbons (Fsp3) is 0.778. The Kier molecular flexibility index (Phi) is 12.3. The van der Waals surface area contributed by atoms with Gasteiger partial charge in [0.2, 0.25) is 0 Å². The molecule has 0 saturated heterocycles. The summed E-state index contributed by atoms with van der Waals surface area (Å²) in [6, 6.07) is 0. The Labute approximate surface area is 97.4 Å². The monoisotopic (exact) mass is 255 g/mol. The molecule has 0 amide bonds. The van der Waals surface area contributed by atoms with Crippen LogP contribution in [0.3, 0.4) is 0 Å². The van der Waals surface area contributed by atoms with Gasteiger partial charge in [-0.1, -0.05) is 25.8 Å². The van der Waals surface area contributed by atoms with Crippen molar-refractivity contribution in [3.8, 4) is 0 Å². The fourth-order valence-electron chi connectivity index (χ4n) is 0.807. The van der Waals surface area contributed by atoms with Gasteiger partial charge in [-0.2, -0.15) is 13.5 Å². The van der Waals surface area contributed by atoms with E-state index in [1.165, 1.54) is 12.8 Å². The summed E-state index contributed by atoms with van der Waals surface area (Å²) >= 11 is 0. The number of hydrogen-bond donors (Lipinski definition) is 2. The molecule has 98 valence electrons. The van der Waals surface area contributed by atoms with E-state index in [2.05, 4.69) is 13.5 Å². The Morgan fingerprint density at radius 3 is 2.25 bits per heavy atom. The maximum atomic E-state index is 8.74. The number of hydrogen-bond acceptors (Lipinski definition) is 4. The van der Waals surface area contributed by atoms with Gasteiger partial charge < -0.3 is 0 Å². The molecule has 0 spiro atoms. The average Bonchev–Trinajstić information content (AvgIpc) is 2.10. The van der Waals surface area contributed by atoms with Crippen molar-refractivity contribution in [3.63, 3.8) is 0 Å². The summed E-state index contributed by atoms with van der Waals surface area (Å²) in [6.45, 7) is 7.44. The maximum absolute atomic E-state index is 8.74. The molecule has 0 aliphatic carbocycles. The molecule has 6 nitrogen and oxygen atoms in total. The number of likely N-dealkylation sites (N-methyl/N-ethyl adjacent to an activating group) is 1. The van der Waals surface area contributed by atoms with Crippen molar-refractivity contribution < 1.29 is 22.4 Å². The molecule has 16 heavy (non-hydrogen) atoms. The first kappa shape index (κ1) is 17.9. The average molecular weight is 255 g/mol. The summed E-state index contributed by atoms with van der Waals surface area (Å²) in [5.41, 5.74) is 0. The predicted octanol–water partition coefficient (Wildman–Crippen LogP) is 1.57.